The van der Waals surface area contributed by atoms with Crippen molar-refractivity contribution in [2.24, 2.45) is 5.73 Å². The topological polar surface area (TPSA) is 38.0 Å². The molecule has 2 atom stereocenters. The van der Waals surface area contributed by atoms with Gasteiger partial charge in [-0.3, -0.25) is 0 Å². The maximum atomic E-state index is 5.78. The van der Waals surface area contributed by atoms with Gasteiger partial charge in [-0.2, -0.15) is 0 Å². The monoisotopic (exact) mass is 206 g/mol. The summed E-state index contributed by atoms with van der Waals surface area (Å²) in [4.78, 5) is 0. The summed E-state index contributed by atoms with van der Waals surface area (Å²) in [6.45, 7) is 7.18. The second kappa shape index (κ2) is 5.29. The number of benzene rings is 1. The molecule has 0 aromatic heterocycles. The largest absolute Gasteiger partial charge is 0.329 e. The van der Waals surface area contributed by atoms with Crippen molar-refractivity contribution >= 4 is 0 Å². The molecular weight excluding hydrogens is 184 g/mol. The van der Waals surface area contributed by atoms with Crippen LogP contribution >= 0.6 is 0 Å². The number of rotatable bonds is 5. The average molecular weight is 206 g/mol. The second-order valence-corrected chi connectivity index (χ2v) is 4.40. The van der Waals surface area contributed by atoms with Crippen LogP contribution in [0, 0.1) is 0 Å². The lowest BCUT2D eigenvalue weighted by atomic mass is 9.96. The Morgan fingerprint density at radius 3 is 2.40 bits per heavy atom. The quantitative estimate of drug-likeness (QED) is 0.776. The molecule has 0 aliphatic rings. The predicted molar refractivity (Wildman–Crippen MR) is 65.7 cm³/mol. The molecule has 2 nitrogen and oxygen atoms in total. The van der Waals surface area contributed by atoms with Gasteiger partial charge in [0.05, 0.1) is 0 Å². The molecule has 3 N–H and O–H groups in total. The van der Waals surface area contributed by atoms with E-state index in [-0.39, 0.29) is 5.54 Å². The van der Waals surface area contributed by atoms with E-state index in [0.717, 1.165) is 6.42 Å². The van der Waals surface area contributed by atoms with Crippen LogP contribution in [0.1, 0.15) is 38.8 Å². The zero-order chi connectivity index (χ0) is 11.3. The van der Waals surface area contributed by atoms with Crippen molar-refractivity contribution < 1.29 is 0 Å². The van der Waals surface area contributed by atoms with Gasteiger partial charge in [0.25, 0.3) is 0 Å². The van der Waals surface area contributed by atoms with Gasteiger partial charge in [0.1, 0.15) is 0 Å². The van der Waals surface area contributed by atoms with Gasteiger partial charge in [-0.15, -0.1) is 0 Å². The number of hydrogen-bond acceptors (Lipinski definition) is 2. The Kier molecular flexibility index (Phi) is 4.30. The van der Waals surface area contributed by atoms with Gasteiger partial charge in [0.2, 0.25) is 0 Å². The number of nitrogens with two attached hydrogens (primary N) is 1. The Labute approximate surface area is 92.9 Å². The van der Waals surface area contributed by atoms with Crippen LogP contribution in [0.15, 0.2) is 30.3 Å². The zero-order valence-corrected chi connectivity index (χ0v) is 9.96. The van der Waals surface area contributed by atoms with E-state index in [0.29, 0.717) is 12.6 Å². The fraction of sp³-hybridized carbons (Fsp3) is 0.538. The highest BCUT2D eigenvalue weighted by Crippen LogP contribution is 2.17. The zero-order valence-electron chi connectivity index (χ0n) is 9.96. The van der Waals surface area contributed by atoms with E-state index in [2.05, 4.69) is 50.4 Å². The van der Waals surface area contributed by atoms with Crippen LogP contribution in [-0.4, -0.2) is 12.1 Å². The van der Waals surface area contributed by atoms with Crippen molar-refractivity contribution in [3.05, 3.63) is 35.9 Å². The molecule has 0 saturated carbocycles. The molecule has 1 aromatic rings. The predicted octanol–water partition coefficient (Wildman–Crippen LogP) is 2.46. The van der Waals surface area contributed by atoms with E-state index in [1.54, 1.807) is 0 Å². The third kappa shape index (κ3) is 3.33. The van der Waals surface area contributed by atoms with Gasteiger partial charge in [0.15, 0.2) is 0 Å². The van der Waals surface area contributed by atoms with E-state index in [4.69, 9.17) is 5.73 Å². The molecule has 0 aliphatic carbocycles. The van der Waals surface area contributed by atoms with Gasteiger partial charge in [-0.1, -0.05) is 37.3 Å². The first-order valence-corrected chi connectivity index (χ1v) is 5.64. The first-order chi connectivity index (χ1) is 7.11. The normalized spacial score (nSPS) is 17.1. The number of nitrogens with one attached hydrogen (secondary N) is 1. The Hall–Kier alpha value is -0.860. The minimum atomic E-state index is 0.0370. The van der Waals surface area contributed by atoms with Crippen LogP contribution in [0.25, 0.3) is 0 Å². The molecule has 0 radical (unpaired) electrons. The van der Waals surface area contributed by atoms with E-state index in [1.807, 2.05) is 6.07 Å². The molecule has 2 heteroatoms. The fourth-order valence-electron chi connectivity index (χ4n) is 1.65. The first-order valence-electron chi connectivity index (χ1n) is 5.64. The highest BCUT2D eigenvalue weighted by atomic mass is 15.0. The highest BCUT2D eigenvalue weighted by Gasteiger charge is 2.22. The molecule has 0 amide bonds. The molecule has 0 heterocycles. The van der Waals surface area contributed by atoms with E-state index < -0.39 is 0 Å². The van der Waals surface area contributed by atoms with Crippen LogP contribution < -0.4 is 11.1 Å². The van der Waals surface area contributed by atoms with Crippen molar-refractivity contribution in [2.45, 2.75) is 38.8 Å². The van der Waals surface area contributed by atoms with Crippen LogP contribution in [-0.2, 0) is 0 Å². The summed E-state index contributed by atoms with van der Waals surface area (Å²) in [5, 5.41) is 3.58. The third-order valence-corrected chi connectivity index (χ3v) is 3.10. The van der Waals surface area contributed by atoms with E-state index >= 15 is 0 Å². The minimum absolute atomic E-state index is 0.0370. The molecule has 2 unspecified atom stereocenters. The highest BCUT2D eigenvalue weighted by molar-refractivity contribution is 5.18. The van der Waals surface area contributed by atoms with Crippen LogP contribution in [0.2, 0.25) is 0 Å². The molecule has 1 rings (SSSR count). The van der Waals surface area contributed by atoms with Crippen LogP contribution in [0.5, 0.6) is 0 Å². The molecule has 15 heavy (non-hydrogen) atoms. The van der Waals surface area contributed by atoms with Crippen molar-refractivity contribution in [1.82, 2.24) is 5.32 Å². The maximum Gasteiger partial charge on any atom is 0.0297 e. The first kappa shape index (κ1) is 12.2. The maximum absolute atomic E-state index is 5.78. The van der Waals surface area contributed by atoms with Crippen molar-refractivity contribution in [1.29, 1.82) is 0 Å². The fourth-order valence-corrected chi connectivity index (χ4v) is 1.65. The van der Waals surface area contributed by atoms with Crippen LogP contribution in [0.4, 0.5) is 0 Å². The molecule has 0 aliphatic heterocycles. The second-order valence-electron chi connectivity index (χ2n) is 4.40. The number of hydrogen-bond donors (Lipinski definition) is 2. The summed E-state index contributed by atoms with van der Waals surface area (Å²) in [5.74, 6) is 0. The van der Waals surface area contributed by atoms with Crippen molar-refractivity contribution in [3.8, 4) is 0 Å². The van der Waals surface area contributed by atoms with Gasteiger partial charge in [-0.25, -0.2) is 0 Å². The lowest BCUT2D eigenvalue weighted by molar-refractivity contribution is 0.317. The summed E-state index contributed by atoms with van der Waals surface area (Å²) < 4.78 is 0. The van der Waals surface area contributed by atoms with E-state index in [1.165, 1.54) is 5.56 Å². The smallest absolute Gasteiger partial charge is 0.0297 e. The standard InChI is InChI=1S/C13H22N2/c1-4-13(3,10-14)15-11(2)12-8-6-5-7-9-12/h5-9,11,15H,4,10,14H2,1-3H3. The van der Waals surface area contributed by atoms with Crippen LogP contribution in [0.3, 0.4) is 0 Å². The summed E-state index contributed by atoms with van der Waals surface area (Å²) in [6, 6.07) is 10.8. The van der Waals surface area contributed by atoms with Crippen molar-refractivity contribution in [2.75, 3.05) is 6.54 Å². The summed E-state index contributed by atoms with van der Waals surface area (Å²) >= 11 is 0. The lowest BCUT2D eigenvalue weighted by Crippen LogP contribution is -2.49. The van der Waals surface area contributed by atoms with Gasteiger partial charge in [0, 0.05) is 18.1 Å². The van der Waals surface area contributed by atoms with Gasteiger partial charge < -0.3 is 11.1 Å². The SMILES string of the molecule is CCC(C)(CN)NC(C)c1ccccc1. The summed E-state index contributed by atoms with van der Waals surface area (Å²) in [5.41, 5.74) is 7.13. The third-order valence-electron chi connectivity index (χ3n) is 3.10. The Bertz CT molecular complexity index is 278. The Morgan fingerprint density at radius 1 is 1.33 bits per heavy atom. The minimum Gasteiger partial charge on any atom is -0.329 e. The molecule has 84 valence electrons. The van der Waals surface area contributed by atoms with E-state index in [9.17, 15) is 0 Å². The summed E-state index contributed by atoms with van der Waals surface area (Å²) in [6.07, 6.45) is 1.04. The molecule has 0 spiro atoms. The average Bonchev–Trinajstić information content (AvgIpc) is 2.30. The molecule has 1 aromatic carbocycles. The van der Waals surface area contributed by atoms with Crippen molar-refractivity contribution in [3.63, 3.8) is 0 Å². The molecule has 0 fully saturated rings. The Morgan fingerprint density at radius 2 is 1.93 bits per heavy atom. The lowest BCUT2D eigenvalue weighted by Gasteiger charge is -2.32. The molecule has 0 bridgehead atoms. The van der Waals surface area contributed by atoms with Gasteiger partial charge in [-0.05, 0) is 25.8 Å². The molecular formula is C13H22N2. The van der Waals surface area contributed by atoms with Gasteiger partial charge >= 0.3 is 0 Å². The summed E-state index contributed by atoms with van der Waals surface area (Å²) in [7, 11) is 0. The Balaban J connectivity index is 2.67. The molecule has 0 saturated heterocycles.